The van der Waals surface area contributed by atoms with Crippen molar-refractivity contribution in [3.8, 4) is 0 Å². The molecule has 1 aromatic rings. The van der Waals surface area contributed by atoms with E-state index in [1.165, 1.54) is 56.4 Å². The van der Waals surface area contributed by atoms with Crippen molar-refractivity contribution in [2.24, 2.45) is 5.41 Å². The van der Waals surface area contributed by atoms with Gasteiger partial charge in [-0.25, -0.2) is 0 Å². The summed E-state index contributed by atoms with van der Waals surface area (Å²) in [5.74, 6) is 0. The van der Waals surface area contributed by atoms with Crippen molar-refractivity contribution in [1.82, 2.24) is 4.90 Å². The highest BCUT2D eigenvalue weighted by Crippen LogP contribution is 2.39. The Morgan fingerprint density at radius 3 is 2.70 bits per heavy atom. The van der Waals surface area contributed by atoms with Crippen molar-refractivity contribution < 1.29 is 0 Å². The standard InChI is InChI=1S/C18H28N2/c1-18(2)10-6-9-17(18)19-16-8-5-7-15(13-16)14-20-11-3-4-12-20/h5,7-8,13,17,19H,3-4,6,9-12,14H2,1-2H3. The number of anilines is 1. The van der Waals surface area contributed by atoms with E-state index in [1.807, 2.05) is 0 Å². The number of nitrogens with one attached hydrogen (secondary N) is 1. The summed E-state index contributed by atoms with van der Waals surface area (Å²) < 4.78 is 0. The lowest BCUT2D eigenvalue weighted by molar-refractivity contribution is 0.331. The third kappa shape index (κ3) is 3.17. The fourth-order valence-electron chi connectivity index (χ4n) is 3.75. The molecular formula is C18H28N2. The Bertz CT molecular complexity index is 446. The lowest BCUT2D eigenvalue weighted by atomic mass is 9.87. The third-order valence-corrected chi connectivity index (χ3v) is 5.13. The van der Waals surface area contributed by atoms with Crippen LogP contribution in [0.3, 0.4) is 0 Å². The lowest BCUT2D eigenvalue weighted by Gasteiger charge is -2.29. The first-order valence-electron chi connectivity index (χ1n) is 8.21. The second-order valence-electron chi connectivity index (χ2n) is 7.26. The van der Waals surface area contributed by atoms with Crippen molar-refractivity contribution in [3.63, 3.8) is 0 Å². The first-order chi connectivity index (χ1) is 9.63. The SMILES string of the molecule is CC1(C)CCCC1Nc1cccc(CN2CCCC2)c1. The smallest absolute Gasteiger partial charge is 0.0345 e. The predicted octanol–water partition coefficient (Wildman–Crippen LogP) is 4.27. The molecular weight excluding hydrogens is 244 g/mol. The van der Waals surface area contributed by atoms with Gasteiger partial charge < -0.3 is 5.32 Å². The van der Waals surface area contributed by atoms with E-state index in [2.05, 4.69) is 48.3 Å². The fraction of sp³-hybridized carbons (Fsp3) is 0.667. The molecule has 1 N–H and O–H groups in total. The van der Waals surface area contributed by atoms with Crippen molar-refractivity contribution in [1.29, 1.82) is 0 Å². The average Bonchev–Trinajstić information content (AvgIpc) is 3.01. The minimum absolute atomic E-state index is 0.435. The molecule has 110 valence electrons. The van der Waals surface area contributed by atoms with Gasteiger partial charge in [-0.3, -0.25) is 4.90 Å². The number of hydrogen-bond donors (Lipinski definition) is 1. The summed E-state index contributed by atoms with van der Waals surface area (Å²) in [6.07, 6.45) is 6.75. The fourth-order valence-corrected chi connectivity index (χ4v) is 3.75. The van der Waals surface area contributed by atoms with Gasteiger partial charge in [0.15, 0.2) is 0 Å². The highest BCUT2D eigenvalue weighted by molar-refractivity contribution is 5.47. The number of nitrogens with zero attached hydrogens (tertiary/aromatic N) is 1. The van der Waals surface area contributed by atoms with Crippen LogP contribution in [0, 0.1) is 5.41 Å². The molecule has 0 spiro atoms. The maximum atomic E-state index is 3.78. The van der Waals surface area contributed by atoms with E-state index in [0.29, 0.717) is 11.5 Å². The van der Waals surface area contributed by atoms with E-state index in [0.717, 1.165) is 6.54 Å². The molecule has 0 bridgehead atoms. The van der Waals surface area contributed by atoms with E-state index in [1.54, 1.807) is 0 Å². The van der Waals surface area contributed by atoms with Gasteiger partial charge in [-0.1, -0.05) is 32.4 Å². The molecule has 2 nitrogen and oxygen atoms in total. The van der Waals surface area contributed by atoms with Crippen molar-refractivity contribution in [3.05, 3.63) is 29.8 Å². The van der Waals surface area contributed by atoms with Crippen LogP contribution in [-0.4, -0.2) is 24.0 Å². The molecule has 0 radical (unpaired) electrons. The van der Waals surface area contributed by atoms with E-state index in [9.17, 15) is 0 Å². The monoisotopic (exact) mass is 272 g/mol. The summed E-state index contributed by atoms with van der Waals surface area (Å²) in [4.78, 5) is 2.57. The van der Waals surface area contributed by atoms with Gasteiger partial charge >= 0.3 is 0 Å². The van der Waals surface area contributed by atoms with Crippen LogP contribution < -0.4 is 5.32 Å². The summed E-state index contributed by atoms with van der Waals surface area (Å²) in [6, 6.07) is 9.68. The summed E-state index contributed by atoms with van der Waals surface area (Å²) in [6.45, 7) is 8.45. The highest BCUT2D eigenvalue weighted by Gasteiger charge is 2.34. The van der Waals surface area contributed by atoms with Crippen LogP contribution in [0.4, 0.5) is 5.69 Å². The van der Waals surface area contributed by atoms with Crippen LogP contribution >= 0.6 is 0 Å². The van der Waals surface area contributed by atoms with Crippen LogP contribution in [0.5, 0.6) is 0 Å². The van der Waals surface area contributed by atoms with Gasteiger partial charge in [0.05, 0.1) is 0 Å². The topological polar surface area (TPSA) is 15.3 Å². The molecule has 1 unspecified atom stereocenters. The molecule has 1 saturated heterocycles. The Kier molecular flexibility index (Phi) is 4.02. The largest absolute Gasteiger partial charge is 0.382 e. The van der Waals surface area contributed by atoms with Gasteiger partial charge in [-0.15, -0.1) is 0 Å². The van der Waals surface area contributed by atoms with Crippen molar-refractivity contribution >= 4 is 5.69 Å². The van der Waals surface area contributed by atoms with Gasteiger partial charge in [0.1, 0.15) is 0 Å². The molecule has 2 heteroatoms. The Hall–Kier alpha value is -1.02. The van der Waals surface area contributed by atoms with Gasteiger partial charge in [0.2, 0.25) is 0 Å². The van der Waals surface area contributed by atoms with E-state index >= 15 is 0 Å². The lowest BCUT2D eigenvalue weighted by Crippen LogP contribution is -2.30. The zero-order valence-electron chi connectivity index (χ0n) is 13.0. The molecule has 1 aliphatic carbocycles. The highest BCUT2D eigenvalue weighted by atomic mass is 15.1. The second kappa shape index (κ2) is 5.77. The third-order valence-electron chi connectivity index (χ3n) is 5.13. The number of hydrogen-bond acceptors (Lipinski definition) is 2. The summed E-state index contributed by atoms with van der Waals surface area (Å²) in [5, 5.41) is 3.78. The molecule has 1 saturated carbocycles. The van der Waals surface area contributed by atoms with Gasteiger partial charge in [-0.2, -0.15) is 0 Å². The van der Waals surface area contributed by atoms with Crippen LogP contribution in [0.1, 0.15) is 51.5 Å². The van der Waals surface area contributed by atoms with Gasteiger partial charge in [0.25, 0.3) is 0 Å². The molecule has 3 rings (SSSR count). The molecule has 1 aliphatic heterocycles. The number of likely N-dealkylation sites (tertiary alicyclic amines) is 1. The quantitative estimate of drug-likeness (QED) is 0.880. The van der Waals surface area contributed by atoms with Crippen LogP contribution in [0.25, 0.3) is 0 Å². The molecule has 1 atom stereocenters. The average molecular weight is 272 g/mol. The molecule has 0 aromatic heterocycles. The molecule has 0 amide bonds. The predicted molar refractivity (Wildman–Crippen MR) is 86.0 cm³/mol. The minimum atomic E-state index is 0.435. The van der Waals surface area contributed by atoms with Crippen LogP contribution in [0.2, 0.25) is 0 Å². The zero-order valence-corrected chi connectivity index (χ0v) is 13.0. The molecule has 1 aromatic carbocycles. The van der Waals surface area contributed by atoms with Gasteiger partial charge in [0, 0.05) is 18.3 Å². The molecule has 1 heterocycles. The maximum Gasteiger partial charge on any atom is 0.0345 e. The maximum absolute atomic E-state index is 3.78. The number of benzene rings is 1. The van der Waals surface area contributed by atoms with E-state index in [-0.39, 0.29) is 0 Å². The first-order valence-corrected chi connectivity index (χ1v) is 8.21. The number of rotatable bonds is 4. The van der Waals surface area contributed by atoms with E-state index < -0.39 is 0 Å². The van der Waals surface area contributed by atoms with Crippen LogP contribution in [0.15, 0.2) is 24.3 Å². The normalized spacial score (nSPS) is 26.0. The minimum Gasteiger partial charge on any atom is -0.382 e. The van der Waals surface area contributed by atoms with Crippen molar-refractivity contribution in [2.75, 3.05) is 18.4 Å². The summed E-state index contributed by atoms with van der Waals surface area (Å²) >= 11 is 0. The zero-order chi connectivity index (χ0) is 14.0. The van der Waals surface area contributed by atoms with Crippen molar-refractivity contribution in [2.45, 2.75) is 58.5 Å². The Morgan fingerprint density at radius 2 is 2.00 bits per heavy atom. The van der Waals surface area contributed by atoms with Crippen LogP contribution in [-0.2, 0) is 6.54 Å². The summed E-state index contributed by atoms with van der Waals surface area (Å²) in [5.41, 5.74) is 3.19. The Balaban J connectivity index is 1.64. The first kappa shape index (κ1) is 13.9. The molecule has 20 heavy (non-hydrogen) atoms. The Labute approximate surface area is 123 Å². The molecule has 2 fully saturated rings. The van der Waals surface area contributed by atoms with Gasteiger partial charge in [-0.05, 0) is 61.9 Å². The summed E-state index contributed by atoms with van der Waals surface area (Å²) in [7, 11) is 0. The second-order valence-corrected chi connectivity index (χ2v) is 7.26. The Morgan fingerprint density at radius 1 is 1.20 bits per heavy atom. The molecule has 2 aliphatic rings. The van der Waals surface area contributed by atoms with E-state index in [4.69, 9.17) is 0 Å².